The molecule has 0 amide bonds. The number of nitrogens with zero attached hydrogens (tertiary/aromatic N) is 1. The Morgan fingerprint density at radius 3 is 3.00 bits per heavy atom. The van der Waals surface area contributed by atoms with Crippen LogP contribution in [0.4, 0.5) is 4.39 Å². The summed E-state index contributed by atoms with van der Waals surface area (Å²) in [4.78, 5) is 0. The van der Waals surface area contributed by atoms with Crippen molar-refractivity contribution < 1.29 is 4.39 Å². The molecule has 1 fully saturated rings. The van der Waals surface area contributed by atoms with Crippen molar-refractivity contribution in [3.63, 3.8) is 0 Å². The van der Waals surface area contributed by atoms with Crippen molar-refractivity contribution in [1.29, 1.82) is 0 Å². The second-order valence-corrected chi connectivity index (χ2v) is 4.58. The number of halogens is 1. The number of nitrogens with one attached hydrogen (secondary N) is 1. The van der Waals surface area contributed by atoms with E-state index in [1.54, 1.807) is 6.07 Å². The lowest BCUT2D eigenvalue weighted by Crippen LogP contribution is -2.14. The first-order chi connectivity index (χ1) is 7.74. The highest BCUT2D eigenvalue weighted by Gasteiger charge is 2.20. The number of benzene rings is 1. The molecule has 0 spiro atoms. The van der Waals surface area contributed by atoms with E-state index in [1.165, 1.54) is 24.5 Å². The number of aryl methyl sites for hydroxylation is 1. The third-order valence-electron chi connectivity index (χ3n) is 3.19. The first-order valence-corrected chi connectivity index (χ1v) is 5.71. The van der Waals surface area contributed by atoms with Gasteiger partial charge in [-0.05, 0) is 36.6 Å². The van der Waals surface area contributed by atoms with E-state index >= 15 is 0 Å². The van der Waals surface area contributed by atoms with E-state index in [4.69, 9.17) is 0 Å². The fourth-order valence-electron chi connectivity index (χ4n) is 2.12. The Labute approximate surface area is 94.1 Å². The van der Waals surface area contributed by atoms with Crippen LogP contribution in [0, 0.1) is 5.82 Å². The second kappa shape index (κ2) is 3.59. The van der Waals surface area contributed by atoms with Crippen LogP contribution in [-0.2, 0) is 13.6 Å². The Morgan fingerprint density at radius 2 is 2.25 bits per heavy atom. The molecule has 16 heavy (non-hydrogen) atoms. The van der Waals surface area contributed by atoms with Crippen LogP contribution in [0.25, 0.3) is 10.9 Å². The SMILES string of the molecule is Cn1cc(CNC2CC2)c2ccc(F)cc21. The Bertz CT molecular complexity index is 526. The maximum absolute atomic E-state index is 13.1. The lowest BCUT2D eigenvalue weighted by molar-refractivity contribution is 0.629. The van der Waals surface area contributed by atoms with Crippen LogP contribution in [0.5, 0.6) is 0 Å². The predicted molar refractivity (Wildman–Crippen MR) is 62.7 cm³/mol. The molecule has 0 atom stereocenters. The van der Waals surface area contributed by atoms with Gasteiger partial charge in [0, 0.05) is 31.2 Å². The molecule has 0 radical (unpaired) electrons. The lowest BCUT2D eigenvalue weighted by atomic mass is 10.2. The van der Waals surface area contributed by atoms with E-state index in [2.05, 4.69) is 11.5 Å². The number of hydrogen-bond donors (Lipinski definition) is 1. The van der Waals surface area contributed by atoms with Crippen LogP contribution >= 0.6 is 0 Å². The molecule has 1 aliphatic carbocycles. The van der Waals surface area contributed by atoms with Crippen molar-refractivity contribution in [3.05, 3.63) is 35.8 Å². The largest absolute Gasteiger partial charge is 0.350 e. The summed E-state index contributed by atoms with van der Waals surface area (Å²) in [7, 11) is 1.96. The first kappa shape index (κ1) is 9.85. The van der Waals surface area contributed by atoms with Gasteiger partial charge in [-0.15, -0.1) is 0 Å². The maximum Gasteiger partial charge on any atom is 0.125 e. The summed E-state index contributed by atoms with van der Waals surface area (Å²) in [5.41, 5.74) is 2.22. The Morgan fingerprint density at radius 1 is 1.44 bits per heavy atom. The van der Waals surface area contributed by atoms with Crippen LogP contribution in [0.15, 0.2) is 24.4 Å². The van der Waals surface area contributed by atoms with Crippen molar-refractivity contribution >= 4 is 10.9 Å². The molecule has 3 heteroatoms. The average Bonchev–Trinajstić information content (AvgIpc) is 3.03. The van der Waals surface area contributed by atoms with E-state index in [-0.39, 0.29) is 5.82 Å². The molecule has 2 nitrogen and oxygen atoms in total. The van der Waals surface area contributed by atoms with Gasteiger partial charge in [0.25, 0.3) is 0 Å². The zero-order valence-electron chi connectivity index (χ0n) is 9.33. The molecule has 0 unspecified atom stereocenters. The normalized spacial score (nSPS) is 15.9. The summed E-state index contributed by atoms with van der Waals surface area (Å²) in [5, 5.41) is 4.64. The maximum atomic E-state index is 13.1. The zero-order chi connectivity index (χ0) is 11.1. The van der Waals surface area contributed by atoms with Crippen molar-refractivity contribution in [3.8, 4) is 0 Å². The Balaban J connectivity index is 1.97. The summed E-state index contributed by atoms with van der Waals surface area (Å²) < 4.78 is 15.1. The van der Waals surface area contributed by atoms with E-state index in [1.807, 2.05) is 17.7 Å². The van der Waals surface area contributed by atoms with Gasteiger partial charge in [0.15, 0.2) is 0 Å². The molecule has 1 aromatic carbocycles. The van der Waals surface area contributed by atoms with Crippen molar-refractivity contribution in [2.45, 2.75) is 25.4 Å². The van der Waals surface area contributed by atoms with E-state index in [0.717, 1.165) is 17.4 Å². The van der Waals surface area contributed by atoms with Crippen LogP contribution in [-0.4, -0.2) is 10.6 Å². The van der Waals surface area contributed by atoms with Crippen molar-refractivity contribution in [1.82, 2.24) is 9.88 Å². The van der Waals surface area contributed by atoms with Crippen LogP contribution in [0.3, 0.4) is 0 Å². The van der Waals surface area contributed by atoms with Gasteiger partial charge < -0.3 is 9.88 Å². The number of aromatic nitrogens is 1. The monoisotopic (exact) mass is 218 g/mol. The van der Waals surface area contributed by atoms with Gasteiger partial charge in [0.2, 0.25) is 0 Å². The van der Waals surface area contributed by atoms with Crippen LogP contribution in [0.2, 0.25) is 0 Å². The summed E-state index contributed by atoms with van der Waals surface area (Å²) in [5.74, 6) is -0.171. The van der Waals surface area contributed by atoms with Gasteiger partial charge in [0.05, 0.1) is 5.52 Å². The van der Waals surface area contributed by atoms with Crippen molar-refractivity contribution in [2.75, 3.05) is 0 Å². The second-order valence-electron chi connectivity index (χ2n) is 4.58. The van der Waals surface area contributed by atoms with Crippen LogP contribution < -0.4 is 5.32 Å². The molecule has 1 N–H and O–H groups in total. The van der Waals surface area contributed by atoms with E-state index < -0.39 is 0 Å². The predicted octanol–water partition coefficient (Wildman–Crippen LogP) is 2.57. The third kappa shape index (κ3) is 1.71. The van der Waals surface area contributed by atoms with Gasteiger partial charge >= 0.3 is 0 Å². The highest BCUT2D eigenvalue weighted by atomic mass is 19.1. The van der Waals surface area contributed by atoms with E-state index in [0.29, 0.717) is 6.04 Å². The van der Waals surface area contributed by atoms with Gasteiger partial charge in [-0.1, -0.05) is 0 Å². The highest BCUT2D eigenvalue weighted by Crippen LogP contribution is 2.24. The fraction of sp³-hybridized carbons (Fsp3) is 0.385. The zero-order valence-corrected chi connectivity index (χ0v) is 9.33. The topological polar surface area (TPSA) is 17.0 Å². The van der Waals surface area contributed by atoms with E-state index in [9.17, 15) is 4.39 Å². The Hall–Kier alpha value is -1.35. The van der Waals surface area contributed by atoms with Crippen LogP contribution in [0.1, 0.15) is 18.4 Å². The molecular formula is C13H15FN2. The molecule has 1 heterocycles. The lowest BCUT2D eigenvalue weighted by Gasteiger charge is -2.00. The first-order valence-electron chi connectivity index (χ1n) is 5.71. The molecule has 1 aromatic heterocycles. The van der Waals surface area contributed by atoms with Gasteiger partial charge in [0.1, 0.15) is 5.82 Å². The molecular weight excluding hydrogens is 203 g/mol. The molecule has 1 aliphatic rings. The molecule has 0 bridgehead atoms. The number of rotatable bonds is 3. The Kier molecular flexibility index (Phi) is 2.21. The highest BCUT2D eigenvalue weighted by molar-refractivity contribution is 5.83. The summed E-state index contributed by atoms with van der Waals surface area (Å²) in [6.07, 6.45) is 4.66. The molecule has 2 aromatic rings. The fourth-order valence-corrected chi connectivity index (χ4v) is 2.12. The minimum Gasteiger partial charge on any atom is -0.350 e. The molecule has 0 saturated heterocycles. The third-order valence-corrected chi connectivity index (χ3v) is 3.19. The molecule has 1 saturated carbocycles. The molecule has 3 rings (SSSR count). The van der Waals surface area contributed by atoms with Gasteiger partial charge in [-0.25, -0.2) is 4.39 Å². The number of hydrogen-bond acceptors (Lipinski definition) is 1. The minimum absolute atomic E-state index is 0.171. The number of fused-ring (bicyclic) bond motifs is 1. The summed E-state index contributed by atoms with van der Waals surface area (Å²) in [6.45, 7) is 0.883. The molecule has 84 valence electrons. The van der Waals surface area contributed by atoms with Gasteiger partial charge in [-0.2, -0.15) is 0 Å². The summed E-state index contributed by atoms with van der Waals surface area (Å²) in [6, 6.07) is 5.70. The standard InChI is InChI=1S/C13H15FN2/c1-16-8-9(7-15-11-3-4-11)12-5-2-10(14)6-13(12)16/h2,5-6,8,11,15H,3-4,7H2,1H3. The van der Waals surface area contributed by atoms with Gasteiger partial charge in [-0.3, -0.25) is 0 Å². The van der Waals surface area contributed by atoms with Crippen molar-refractivity contribution in [2.24, 2.45) is 7.05 Å². The average molecular weight is 218 g/mol. The smallest absolute Gasteiger partial charge is 0.125 e. The minimum atomic E-state index is -0.171. The molecule has 0 aliphatic heterocycles. The summed E-state index contributed by atoms with van der Waals surface area (Å²) >= 11 is 0. The quantitative estimate of drug-likeness (QED) is 0.837.